The fourth-order valence-corrected chi connectivity index (χ4v) is 2.54. The third kappa shape index (κ3) is 7.93. The van der Waals surface area contributed by atoms with E-state index in [4.69, 9.17) is 14.2 Å². The smallest absolute Gasteiger partial charge is 0.191 e. The molecule has 0 radical (unpaired) electrons. The van der Waals surface area contributed by atoms with Crippen molar-refractivity contribution in [2.45, 2.75) is 19.9 Å². The summed E-state index contributed by atoms with van der Waals surface area (Å²) in [6.45, 7) is 6.96. The molecule has 0 heterocycles. The van der Waals surface area contributed by atoms with Crippen LogP contribution in [0, 0.1) is 0 Å². The zero-order valence-corrected chi connectivity index (χ0v) is 16.8. The van der Waals surface area contributed by atoms with E-state index in [1.807, 2.05) is 18.2 Å². The number of hydrogen-bond acceptors (Lipinski definition) is 5. The van der Waals surface area contributed by atoms with E-state index >= 15 is 0 Å². The molecule has 0 saturated carbocycles. The molecule has 0 amide bonds. The summed E-state index contributed by atoms with van der Waals surface area (Å²) >= 11 is 0. The molecule has 1 aromatic rings. The van der Waals surface area contributed by atoms with Crippen molar-refractivity contribution in [3.63, 3.8) is 0 Å². The zero-order chi connectivity index (χ0) is 19.2. The van der Waals surface area contributed by atoms with Gasteiger partial charge in [-0.2, -0.15) is 0 Å². The molecule has 7 nitrogen and oxygen atoms in total. The lowest BCUT2D eigenvalue weighted by molar-refractivity contribution is 0.180. The van der Waals surface area contributed by atoms with Gasteiger partial charge in [0, 0.05) is 45.5 Å². The molecule has 0 spiro atoms. The van der Waals surface area contributed by atoms with E-state index in [1.165, 1.54) is 0 Å². The van der Waals surface area contributed by atoms with E-state index in [1.54, 1.807) is 21.3 Å². The normalized spacial score (nSPS) is 11.5. The maximum Gasteiger partial charge on any atom is 0.191 e. The second kappa shape index (κ2) is 13.2. The molecule has 0 saturated heterocycles. The number of para-hydroxylation sites is 1. The number of guanidine groups is 1. The standard InChI is InChI=1S/C19H34N4O3/c1-6-20-19(21-11-13-23(2)12-8-14-24-3)22-15-16-9-7-10-17(25-4)18(16)26-5/h7,9-10H,6,8,11-15H2,1-5H3,(H2,20,21,22). The van der Waals surface area contributed by atoms with Crippen molar-refractivity contribution in [2.24, 2.45) is 4.99 Å². The zero-order valence-electron chi connectivity index (χ0n) is 16.8. The molecule has 26 heavy (non-hydrogen) atoms. The van der Waals surface area contributed by atoms with Crippen LogP contribution in [0.3, 0.4) is 0 Å². The lowest BCUT2D eigenvalue weighted by atomic mass is 10.2. The maximum absolute atomic E-state index is 5.47. The van der Waals surface area contributed by atoms with Crippen molar-refractivity contribution in [3.05, 3.63) is 23.8 Å². The minimum atomic E-state index is 0.513. The molecule has 0 bridgehead atoms. The van der Waals surface area contributed by atoms with E-state index in [0.29, 0.717) is 6.54 Å². The quantitative estimate of drug-likeness (QED) is 0.334. The molecule has 0 atom stereocenters. The molecule has 2 N–H and O–H groups in total. The molecule has 1 rings (SSSR count). The largest absolute Gasteiger partial charge is 0.493 e. The number of ether oxygens (including phenoxy) is 3. The topological polar surface area (TPSA) is 67.4 Å². The highest BCUT2D eigenvalue weighted by Crippen LogP contribution is 2.30. The third-order valence-electron chi connectivity index (χ3n) is 3.91. The Bertz CT molecular complexity index is 538. The molecule has 0 aliphatic heterocycles. The van der Waals surface area contributed by atoms with Gasteiger partial charge < -0.3 is 29.7 Å². The molecular weight excluding hydrogens is 332 g/mol. The van der Waals surface area contributed by atoms with Crippen LogP contribution in [0.2, 0.25) is 0 Å². The third-order valence-corrected chi connectivity index (χ3v) is 3.91. The Morgan fingerprint density at radius 3 is 2.58 bits per heavy atom. The lowest BCUT2D eigenvalue weighted by Gasteiger charge is -2.18. The van der Waals surface area contributed by atoms with E-state index in [9.17, 15) is 0 Å². The first kappa shape index (κ1) is 22.1. The van der Waals surface area contributed by atoms with E-state index < -0.39 is 0 Å². The Balaban J connectivity index is 2.58. The van der Waals surface area contributed by atoms with Crippen LogP contribution < -0.4 is 20.1 Å². The average molecular weight is 367 g/mol. The van der Waals surface area contributed by atoms with Gasteiger partial charge in [0.05, 0.1) is 20.8 Å². The number of benzene rings is 1. The van der Waals surface area contributed by atoms with Gasteiger partial charge in [-0.1, -0.05) is 12.1 Å². The predicted molar refractivity (Wildman–Crippen MR) is 106 cm³/mol. The molecule has 148 valence electrons. The van der Waals surface area contributed by atoms with Gasteiger partial charge in [-0.15, -0.1) is 0 Å². The van der Waals surface area contributed by atoms with E-state index in [-0.39, 0.29) is 0 Å². The number of rotatable bonds is 12. The molecule has 7 heteroatoms. The Morgan fingerprint density at radius 1 is 1.12 bits per heavy atom. The summed E-state index contributed by atoms with van der Waals surface area (Å²) in [6, 6.07) is 5.83. The van der Waals surface area contributed by atoms with Gasteiger partial charge in [-0.05, 0) is 26.5 Å². The van der Waals surface area contributed by atoms with Gasteiger partial charge in [-0.3, -0.25) is 0 Å². The van der Waals surface area contributed by atoms with Crippen LogP contribution in [0.1, 0.15) is 18.9 Å². The molecule has 0 aliphatic rings. The van der Waals surface area contributed by atoms with Gasteiger partial charge in [0.2, 0.25) is 0 Å². The summed E-state index contributed by atoms with van der Waals surface area (Å²) in [5.74, 6) is 2.24. The predicted octanol–water partition coefficient (Wildman–Crippen LogP) is 1.73. The first-order valence-corrected chi connectivity index (χ1v) is 9.05. The summed E-state index contributed by atoms with van der Waals surface area (Å²) in [5, 5.41) is 6.65. The minimum absolute atomic E-state index is 0.513. The molecule has 0 unspecified atom stereocenters. The minimum Gasteiger partial charge on any atom is -0.493 e. The fraction of sp³-hybridized carbons (Fsp3) is 0.632. The van der Waals surface area contributed by atoms with Gasteiger partial charge in [-0.25, -0.2) is 4.99 Å². The van der Waals surface area contributed by atoms with Gasteiger partial charge in [0.15, 0.2) is 17.5 Å². The Labute approximate surface area is 157 Å². The van der Waals surface area contributed by atoms with Crippen LogP contribution >= 0.6 is 0 Å². The first-order chi connectivity index (χ1) is 12.7. The summed E-state index contributed by atoms with van der Waals surface area (Å²) in [6.07, 6.45) is 1.04. The van der Waals surface area contributed by atoms with Crippen molar-refractivity contribution < 1.29 is 14.2 Å². The highest BCUT2D eigenvalue weighted by atomic mass is 16.5. The summed E-state index contributed by atoms with van der Waals surface area (Å²) < 4.78 is 15.9. The van der Waals surface area contributed by atoms with Crippen molar-refractivity contribution in [2.75, 3.05) is 61.2 Å². The number of nitrogens with zero attached hydrogens (tertiary/aromatic N) is 2. The number of aliphatic imine (C=N–C) groups is 1. The second-order valence-corrected chi connectivity index (χ2v) is 5.92. The summed E-state index contributed by atoms with van der Waals surface area (Å²) in [4.78, 5) is 6.94. The maximum atomic E-state index is 5.47. The van der Waals surface area contributed by atoms with E-state index in [2.05, 4.69) is 34.5 Å². The number of hydrogen-bond donors (Lipinski definition) is 2. The van der Waals surface area contributed by atoms with Gasteiger partial charge >= 0.3 is 0 Å². The molecule has 1 aromatic carbocycles. The van der Waals surface area contributed by atoms with Crippen molar-refractivity contribution >= 4 is 5.96 Å². The van der Waals surface area contributed by atoms with Crippen molar-refractivity contribution in [1.82, 2.24) is 15.5 Å². The summed E-state index contributed by atoms with van der Waals surface area (Å²) in [7, 11) is 7.13. The van der Waals surface area contributed by atoms with Crippen LogP contribution in [-0.2, 0) is 11.3 Å². The Morgan fingerprint density at radius 2 is 1.92 bits per heavy atom. The first-order valence-electron chi connectivity index (χ1n) is 9.05. The Kier molecular flexibility index (Phi) is 11.2. The second-order valence-electron chi connectivity index (χ2n) is 5.92. The van der Waals surface area contributed by atoms with Crippen LogP contribution in [0.15, 0.2) is 23.2 Å². The average Bonchev–Trinajstić information content (AvgIpc) is 2.65. The number of methoxy groups -OCH3 is 3. The van der Waals surface area contributed by atoms with Crippen LogP contribution in [0.5, 0.6) is 11.5 Å². The fourth-order valence-electron chi connectivity index (χ4n) is 2.54. The number of likely N-dealkylation sites (N-methyl/N-ethyl adjacent to an activating group) is 1. The molecule has 0 fully saturated rings. The van der Waals surface area contributed by atoms with E-state index in [0.717, 1.165) is 62.2 Å². The molecule has 0 aromatic heterocycles. The van der Waals surface area contributed by atoms with Crippen LogP contribution in [-0.4, -0.2) is 72.0 Å². The SMILES string of the molecule is CCNC(=NCc1cccc(OC)c1OC)NCCN(C)CCCOC. The van der Waals surface area contributed by atoms with Gasteiger partial charge in [0.1, 0.15) is 0 Å². The number of nitrogens with one attached hydrogen (secondary N) is 2. The van der Waals surface area contributed by atoms with Crippen LogP contribution in [0.25, 0.3) is 0 Å². The lowest BCUT2D eigenvalue weighted by Crippen LogP contribution is -2.41. The summed E-state index contributed by atoms with van der Waals surface area (Å²) in [5.41, 5.74) is 0.987. The Hall–Kier alpha value is -1.99. The highest BCUT2D eigenvalue weighted by Gasteiger charge is 2.09. The van der Waals surface area contributed by atoms with Crippen molar-refractivity contribution in [3.8, 4) is 11.5 Å². The van der Waals surface area contributed by atoms with Gasteiger partial charge in [0.25, 0.3) is 0 Å². The monoisotopic (exact) mass is 366 g/mol. The molecular formula is C19H34N4O3. The van der Waals surface area contributed by atoms with Crippen LogP contribution in [0.4, 0.5) is 0 Å². The highest BCUT2D eigenvalue weighted by molar-refractivity contribution is 5.79. The molecule has 0 aliphatic carbocycles. The van der Waals surface area contributed by atoms with Crippen molar-refractivity contribution in [1.29, 1.82) is 0 Å².